The molecule has 0 bridgehead atoms. The van der Waals surface area contributed by atoms with Crippen LogP contribution in [-0.2, 0) is 0 Å². The van der Waals surface area contributed by atoms with Crippen molar-refractivity contribution in [1.82, 2.24) is 4.90 Å². The number of halogens is 1. The number of carbonyl (C=O) groups excluding carboxylic acids is 1. The van der Waals surface area contributed by atoms with Crippen LogP contribution in [0.4, 0.5) is 0 Å². The van der Waals surface area contributed by atoms with E-state index in [1.54, 1.807) is 30.2 Å². The Hall–Kier alpha value is -2.24. The summed E-state index contributed by atoms with van der Waals surface area (Å²) in [6.45, 7) is 1.13. The van der Waals surface area contributed by atoms with Crippen molar-refractivity contribution in [3.8, 4) is 11.5 Å². The molecule has 6 heteroatoms. The van der Waals surface area contributed by atoms with Crippen LogP contribution in [0, 0.1) is 0 Å². The quantitative estimate of drug-likeness (QED) is 0.908. The highest BCUT2D eigenvalue weighted by atomic mass is 35.5. The van der Waals surface area contributed by atoms with Crippen LogP contribution in [0.1, 0.15) is 21.8 Å². The molecule has 0 radical (unpaired) electrons. The highest BCUT2D eigenvalue weighted by Gasteiger charge is 2.35. The molecule has 0 aliphatic carbocycles. The zero-order valence-corrected chi connectivity index (χ0v) is 15.2. The molecule has 0 aromatic heterocycles. The predicted molar refractivity (Wildman–Crippen MR) is 99.9 cm³/mol. The zero-order chi connectivity index (χ0) is 17.1. The normalized spacial score (nSPS) is 19.2. The number of carbonyl (C=O) groups is 1. The number of likely N-dealkylation sites (tertiary alicyclic amines) is 1. The summed E-state index contributed by atoms with van der Waals surface area (Å²) in [5, 5.41) is 0. The average Bonchev–Trinajstić information content (AvgIpc) is 3.02. The van der Waals surface area contributed by atoms with Crippen molar-refractivity contribution in [2.45, 2.75) is 12.0 Å². The van der Waals surface area contributed by atoms with Gasteiger partial charge in [0.25, 0.3) is 5.91 Å². The minimum atomic E-state index is -0.0837. The minimum Gasteiger partial charge on any atom is -0.493 e. The number of amides is 1. The summed E-state index contributed by atoms with van der Waals surface area (Å²) in [6.07, 6.45) is 0. The molecule has 0 spiro atoms. The lowest BCUT2D eigenvalue weighted by Crippen LogP contribution is -2.32. The molecule has 3 rings (SSSR count). The molecule has 1 fully saturated rings. The van der Waals surface area contributed by atoms with Gasteiger partial charge in [0.15, 0.2) is 11.5 Å². The molecule has 1 saturated heterocycles. The van der Waals surface area contributed by atoms with Crippen molar-refractivity contribution >= 4 is 18.3 Å². The Bertz CT molecular complexity index is 724. The van der Waals surface area contributed by atoms with Crippen molar-refractivity contribution < 1.29 is 14.3 Å². The van der Waals surface area contributed by atoms with Crippen LogP contribution in [0.15, 0.2) is 48.5 Å². The first kappa shape index (κ1) is 19.1. The number of nitrogens with two attached hydrogens (primary N) is 1. The topological polar surface area (TPSA) is 64.8 Å². The summed E-state index contributed by atoms with van der Waals surface area (Å²) in [7, 11) is 3.10. The third-order valence-electron chi connectivity index (χ3n) is 4.51. The number of benzene rings is 2. The lowest BCUT2D eigenvalue weighted by Gasteiger charge is -2.19. The molecule has 5 nitrogen and oxygen atoms in total. The van der Waals surface area contributed by atoms with E-state index in [-0.39, 0.29) is 30.3 Å². The number of hydrogen-bond acceptors (Lipinski definition) is 4. The van der Waals surface area contributed by atoms with Gasteiger partial charge < -0.3 is 20.1 Å². The molecule has 1 aliphatic rings. The standard InChI is InChI=1S/C19H22N2O3.ClH/c1-23-17-10-6-9-14(18(17)24-2)19(22)21-11-15(16(20)12-21)13-7-4-3-5-8-13;/h3-10,15-16H,11-12,20H2,1-2H3;1H/t15-,16+;/m0./s1. The predicted octanol–water partition coefficient (Wildman–Crippen LogP) is 2.69. The van der Waals surface area contributed by atoms with Crippen LogP contribution in [0.3, 0.4) is 0 Å². The van der Waals surface area contributed by atoms with E-state index in [1.165, 1.54) is 7.11 Å². The van der Waals surface area contributed by atoms with E-state index < -0.39 is 0 Å². The summed E-state index contributed by atoms with van der Waals surface area (Å²) in [5.74, 6) is 1.07. The van der Waals surface area contributed by atoms with Gasteiger partial charge in [0.05, 0.1) is 19.8 Å². The molecule has 2 atom stereocenters. The summed E-state index contributed by atoms with van der Waals surface area (Å²) >= 11 is 0. The van der Waals surface area contributed by atoms with Gasteiger partial charge in [-0.2, -0.15) is 0 Å². The summed E-state index contributed by atoms with van der Waals surface area (Å²) in [6, 6.07) is 15.3. The van der Waals surface area contributed by atoms with Crippen LogP contribution in [0.5, 0.6) is 11.5 Å². The fraction of sp³-hybridized carbons (Fsp3) is 0.316. The summed E-state index contributed by atoms with van der Waals surface area (Å²) in [5.41, 5.74) is 7.96. The first-order valence-electron chi connectivity index (χ1n) is 7.96. The van der Waals surface area contributed by atoms with Crippen LogP contribution in [-0.4, -0.2) is 44.2 Å². The van der Waals surface area contributed by atoms with E-state index in [0.29, 0.717) is 30.2 Å². The van der Waals surface area contributed by atoms with Gasteiger partial charge in [0, 0.05) is 25.0 Å². The second-order valence-electron chi connectivity index (χ2n) is 5.93. The van der Waals surface area contributed by atoms with Crippen LogP contribution in [0.25, 0.3) is 0 Å². The van der Waals surface area contributed by atoms with Gasteiger partial charge in [0.1, 0.15) is 0 Å². The maximum Gasteiger partial charge on any atom is 0.257 e. The number of rotatable bonds is 4. The smallest absolute Gasteiger partial charge is 0.257 e. The number of para-hydroxylation sites is 1. The Kier molecular flexibility index (Phi) is 6.28. The molecule has 2 N–H and O–H groups in total. The third kappa shape index (κ3) is 3.72. The van der Waals surface area contributed by atoms with Gasteiger partial charge >= 0.3 is 0 Å². The third-order valence-corrected chi connectivity index (χ3v) is 4.51. The van der Waals surface area contributed by atoms with E-state index in [2.05, 4.69) is 12.1 Å². The van der Waals surface area contributed by atoms with E-state index in [0.717, 1.165) is 5.56 Å². The van der Waals surface area contributed by atoms with Crippen LogP contribution >= 0.6 is 12.4 Å². The van der Waals surface area contributed by atoms with Gasteiger partial charge in [0.2, 0.25) is 0 Å². The number of methoxy groups -OCH3 is 2. The fourth-order valence-electron chi connectivity index (χ4n) is 3.27. The number of ether oxygens (including phenoxy) is 2. The molecule has 1 aliphatic heterocycles. The van der Waals surface area contributed by atoms with E-state index in [4.69, 9.17) is 15.2 Å². The van der Waals surface area contributed by atoms with Gasteiger partial charge in [-0.25, -0.2) is 0 Å². The Morgan fingerprint density at radius 1 is 1.04 bits per heavy atom. The van der Waals surface area contributed by atoms with E-state index in [9.17, 15) is 4.79 Å². The highest BCUT2D eigenvalue weighted by Crippen LogP contribution is 2.33. The van der Waals surface area contributed by atoms with Gasteiger partial charge in [-0.3, -0.25) is 4.79 Å². The first-order chi connectivity index (χ1) is 11.7. The molecule has 0 saturated carbocycles. The van der Waals surface area contributed by atoms with Crippen molar-refractivity contribution in [2.24, 2.45) is 5.73 Å². The SMILES string of the molecule is COc1cccc(C(=O)N2C[C@@H](N)[C@H](c3ccccc3)C2)c1OC.Cl. The second kappa shape index (κ2) is 8.23. The molecule has 25 heavy (non-hydrogen) atoms. The molecule has 1 heterocycles. The van der Waals surface area contributed by atoms with Gasteiger partial charge in [-0.1, -0.05) is 36.4 Å². The van der Waals surface area contributed by atoms with Crippen molar-refractivity contribution in [2.75, 3.05) is 27.3 Å². The molecule has 2 aromatic carbocycles. The summed E-state index contributed by atoms with van der Waals surface area (Å²) in [4.78, 5) is 14.7. The zero-order valence-electron chi connectivity index (χ0n) is 14.3. The van der Waals surface area contributed by atoms with Crippen molar-refractivity contribution in [1.29, 1.82) is 0 Å². The second-order valence-corrected chi connectivity index (χ2v) is 5.93. The number of nitrogens with zero attached hydrogens (tertiary/aromatic N) is 1. The van der Waals surface area contributed by atoms with Gasteiger partial charge in [-0.05, 0) is 17.7 Å². The summed E-state index contributed by atoms with van der Waals surface area (Å²) < 4.78 is 10.7. The van der Waals surface area contributed by atoms with Crippen LogP contribution < -0.4 is 15.2 Å². The highest BCUT2D eigenvalue weighted by molar-refractivity contribution is 5.98. The first-order valence-corrected chi connectivity index (χ1v) is 7.96. The van der Waals surface area contributed by atoms with Gasteiger partial charge in [-0.15, -0.1) is 12.4 Å². The maximum absolute atomic E-state index is 13.0. The van der Waals surface area contributed by atoms with E-state index in [1.807, 2.05) is 18.2 Å². The Morgan fingerprint density at radius 3 is 2.40 bits per heavy atom. The Morgan fingerprint density at radius 2 is 1.76 bits per heavy atom. The van der Waals surface area contributed by atoms with Crippen molar-refractivity contribution in [3.05, 3.63) is 59.7 Å². The molecule has 1 amide bonds. The largest absolute Gasteiger partial charge is 0.493 e. The molecule has 134 valence electrons. The van der Waals surface area contributed by atoms with Crippen molar-refractivity contribution in [3.63, 3.8) is 0 Å². The Labute approximate surface area is 154 Å². The Balaban J connectivity index is 0.00000225. The molecule has 2 aromatic rings. The lowest BCUT2D eigenvalue weighted by atomic mass is 9.95. The van der Waals surface area contributed by atoms with E-state index >= 15 is 0 Å². The molecular weight excluding hydrogens is 340 g/mol. The number of hydrogen-bond donors (Lipinski definition) is 1. The minimum absolute atomic E-state index is 0. The van der Waals surface area contributed by atoms with Crippen LogP contribution in [0.2, 0.25) is 0 Å². The fourth-order valence-corrected chi connectivity index (χ4v) is 3.27. The average molecular weight is 363 g/mol. The maximum atomic E-state index is 13.0. The lowest BCUT2D eigenvalue weighted by molar-refractivity contribution is 0.0785. The molecule has 0 unspecified atom stereocenters. The molecular formula is C19H23ClN2O3. The monoisotopic (exact) mass is 362 g/mol.